The number of anilines is 1. The molecule has 0 aliphatic carbocycles. The van der Waals surface area contributed by atoms with Gasteiger partial charge in [0.05, 0.1) is 7.11 Å². The molecule has 0 spiro atoms. The molecule has 142 valence electrons. The third kappa shape index (κ3) is 7.46. The molecule has 0 unspecified atom stereocenters. The number of hydrogen-bond donors (Lipinski definition) is 1. The zero-order valence-corrected chi connectivity index (χ0v) is 17.0. The van der Waals surface area contributed by atoms with Crippen LogP contribution in [0, 0.1) is 13.8 Å². The van der Waals surface area contributed by atoms with Crippen LogP contribution in [0.3, 0.4) is 0 Å². The summed E-state index contributed by atoms with van der Waals surface area (Å²) in [5.41, 5.74) is 1.10. The standard InChI is InChI=1S/C12H13ClN4O.C4H3Cl2N3/c1-8-15-11(13)17-12(16-8)14-7-9-3-5-10(18-2)6-4-9;1-2-7-3(5)9-4(6)8-2/h3-6H,7H2,1-2H3,(H,14,15,16,17);1H3. The number of halogens is 3. The minimum atomic E-state index is 0.132. The highest BCUT2D eigenvalue weighted by molar-refractivity contribution is 6.31. The predicted molar refractivity (Wildman–Crippen MR) is 104 cm³/mol. The van der Waals surface area contributed by atoms with Crippen molar-refractivity contribution in [2.24, 2.45) is 0 Å². The summed E-state index contributed by atoms with van der Waals surface area (Å²) >= 11 is 16.6. The zero-order valence-electron chi connectivity index (χ0n) is 14.7. The molecule has 3 rings (SSSR count). The van der Waals surface area contributed by atoms with Crippen molar-refractivity contribution in [2.45, 2.75) is 20.4 Å². The molecule has 2 heterocycles. The molecule has 0 bridgehead atoms. The van der Waals surface area contributed by atoms with Crippen LogP contribution in [-0.2, 0) is 6.54 Å². The fourth-order valence-electron chi connectivity index (χ4n) is 1.87. The summed E-state index contributed by atoms with van der Waals surface area (Å²) in [7, 11) is 1.64. The molecule has 0 fully saturated rings. The second-order valence-electron chi connectivity index (χ2n) is 5.10. The molecule has 0 atom stereocenters. The van der Waals surface area contributed by atoms with E-state index in [0.717, 1.165) is 11.3 Å². The van der Waals surface area contributed by atoms with Crippen LogP contribution < -0.4 is 10.1 Å². The molecule has 11 heteroatoms. The van der Waals surface area contributed by atoms with E-state index in [4.69, 9.17) is 39.5 Å². The Morgan fingerprint density at radius 1 is 0.778 bits per heavy atom. The lowest BCUT2D eigenvalue weighted by molar-refractivity contribution is 0.414. The summed E-state index contributed by atoms with van der Waals surface area (Å²) in [6.07, 6.45) is 0. The van der Waals surface area contributed by atoms with Gasteiger partial charge in [0.2, 0.25) is 21.8 Å². The molecule has 0 aliphatic rings. The Morgan fingerprint density at radius 2 is 1.30 bits per heavy atom. The lowest BCUT2D eigenvalue weighted by atomic mass is 10.2. The number of benzene rings is 1. The van der Waals surface area contributed by atoms with Crippen molar-refractivity contribution in [1.29, 1.82) is 0 Å². The average molecular weight is 429 g/mol. The van der Waals surface area contributed by atoms with Gasteiger partial charge in [0.25, 0.3) is 0 Å². The normalized spacial score (nSPS) is 10.0. The van der Waals surface area contributed by atoms with Gasteiger partial charge < -0.3 is 10.1 Å². The number of methoxy groups -OCH3 is 1. The van der Waals surface area contributed by atoms with E-state index in [0.29, 0.717) is 24.1 Å². The molecule has 0 radical (unpaired) electrons. The largest absolute Gasteiger partial charge is 0.497 e. The van der Waals surface area contributed by atoms with Crippen LogP contribution in [0.25, 0.3) is 0 Å². The summed E-state index contributed by atoms with van der Waals surface area (Å²) in [4.78, 5) is 23.0. The van der Waals surface area contributed by atoms with Crippen molar-refractivity contribution >= 4 is 40.8 Å². The maximum absolute atomic E-state index is 5.75. The highest BCUT2D eigenvalue weighted by Gasteiger charge is 2.01. The van der Waals surface area contributed by atoms with Gasteiger partial charge in [-0.1, -0.05) is 12.1 Å². The SMILES string of the molecule is COc1ccc(CNc2nc(C)nc(Cl)n2)cc1.Cc1nc(Cl)nc(Cl)n1. The monoisotopic (exact) mass is 427 g/mol. The highest BCUT2D eigenvalue weighted by Crippen LogP contribution is 2.12. The Hall–Kier alpha value is -2.29. The summed E-state index contributed by atoms with van der Waals surface area (Å²) in [6, 6.07) is 7.76. The van der Waals surface area contributed by atoms with Gasteiger partial charge in [0, 0.05) is 6.54 Å². The lowest BCUT2D eigenvalue weighted by Crippen LogP contribution is -2.05. The second kappa shape index (κ2) is 10.1. The van der Waals surface area contributed by atoms with E-state index in [2.05, 4.69) is 35.2 Å². The van der Waals surface area contributed by atoms with Crippen LogP contribution in [0.15, 0.2) is 24.3 Å². The van der Waals surface area contributed by atoms with Crippen molar-refractivity contribution in [1.82, 2.24) is 29.9 Å². The van der Waals surface area contributed by atoms with Gasteiger partial charge in [0.1, 0.15) is 17.4 Å². The highest BCUT2D eigenvalue weighted by atomic mass is 35.5. The van der Waals surface area contributed by atoms with E-state index in [-0.39, 0.29) is 15.9 Å². The van der Waals surface area contributed by atoms with Crippen LogP contribution in [0.4, 0.5) is 5.95 Å². The van der Waals surface area contributed by atoms with Gasteiger partial charge in [0.15, 0.2) is 0 Å². The molecule has 8 nitrogen and oxygen atoms in total. The van der Waals surface area contributed by atoms with Crippen LogP contribution in [0.2, 0.25) is 15.9 Å². The third-order valence-corrected chi connectivity index (χ3v) is 3.53. The molecule has 0 saturated heterocycles. The first-order chi connectivity index (χ1) is 12.9. The Balaban J connectivity index is 0.000000244. The average Bonchev–Trinajstić information content (AvgIpc) is 2.59. The van der Waals surface area contributed by atoms with Crippen LogP contribution >= 0.6 is 34.8 Å². The van der Waals surface area contributed by atoms with E-state index in [1.54, 1.807) is 21.0 Å². The van der Waals surface area contributed by atoms with Crippen LogP contribution in [0.1, 0.15) is 17.2 Å². The molecule has 0 amide bonds. The number of nitrogens with zero attached hydrogens (tertiary/aromatic N) is 6. The molecule has 0 saturated carbocycles. The van der Waals surface area contributed by atoms with E-state index in [1.807, 2.05) is 24.3 Å². The molecular weight excluding hydrogens is 413 g/mol. The van der Waals surface area contributed by atoms with Crippen molar-refractivity contribution in [3.8, 4) is 5.75 Å². The van der Waals surface area contributed by atoms with Crippen molar-refractivity contribution in [3.63, 3.8) is 0 Å². The molecule has 27 heavy (non-hydrogen) atoms. The van der Waals surface area contributed by atoms with E-state index in [9.17, 15) is 0 Å². The third-order valence-electron chi connectivity index (χ3n) is 3.02. The first-order valence-electron chi connectivity index (χ1n) is 7.64. The maximum Gasteiger partial charge on any atom is 0.227 e. The maximum atomic E-state index is 5.75. The number of rotatable bonds is 4. The smallest absolute Gasteiger partial charge is 0.227 e. The quantitative estimate of drug-likeness (QED) is 0.667. The van der Waals surface area contributed by atoms with E-state index >= 15 is 0 Å². The lowest BCUT2D eigenvalue weighted by Gasteiger charge is -2.06. The Bertz CT molecular complexity index is 823. The number of hydrogen-bond acceptors (Lipinski definition) is 8. The van der Waals surface area contributed by atoms with Gasteiger partial charge in [-0.25, -0.2) is 15.0 Å². The predicted octanol–water partition coefficient (Wildman–Crippen LogP) is 3.94. The van der Waals surface area contributed by atoms with Crippen LogP contribution in [-0.4, -0.2) is 37.0 Å². The molecule has 1 N–H and O–H groups in total. The van der Waals surface area contributed by atoms with Gasteiger partial charge in [-0.05, 0) is 66.3 Å². The second-order valence-corrected chi connectivity index (χ2v) is 6.11. The van der Waals surface area contributed by atoms with Gasteiger partial charge >= 0.3 is 0 Å². The van der Waals surface area contributed by atoms with Gasteiger partial charge in [-0.15, -0.1) is 0 Å². The van der Waals surface area contributed by atoms with Crippen molar-refractivity contribution < 1.29 is 4.74 Å². The number of nitrogens with one attached hydrogen (secondary N) is 1. The summed E-state index contributed by atoms with van der Waals surface area (Å²) < 4.78 is 5.09. The zero-order chi connectivity index (χ0) is 19.8. The number of ether oxygens (including phenoxy) is 1. The number of aromatic nitrogens is 6. The van der Waals surface area contributed by atoms with Gasteiger partial charge in [-0.3, -0.25) is 0 Å². The Morgan fingerprint density at radius 3 is 1.78 bits per heavy atom. The molecule has 3 aromatic rings. The fourth-order valence-corrected chi connectivity index (χ4v) is 2.52. The summed E-state index contributed by atoms with van der Waals surface area (Å²) in [6.45, 7) is 4.08. The minimum Gasteiger partial charge on any atom is -0.497 e. The summed E-state index contributed by atoms with van der Waals surface area (Å²) in [5, 5.41) is 3.55. The molecule has 1 aromatic carbocycles. The molecular formula is C16H16Cl3N7O. The Labute approximate surface area is 171 Å². The fraction of sp³-hybridized carbons (Fsp3) is 0.250. The molecule has 0 aliphatic heterocycles. The van der Waals surface area contributed by atoms with E-state index < -0.39 is 0 Å². The first kappa shape index (κ1) is 21.0. The van der Waals surface area contributed by atoms with Crippen LogP contribution in [0.5, 0.6) is 5.75 Å². The van der Waals surface area contributed by atoms with E-state index in [1.165, 1.54) is 0 Å². The minimum absolute atomic E-state index is 0.132. The summed E-state index contributed by atoms with van der Waals surface area (Å²) in [5.74, 6) is 2.42. The van der Waals surface area contributed by atoms with Crippen molar-refractivity contribution in [2.75, 3.05) is 12.4 Å². The molecule has 2 aromatic heterocycles. The topological polar surface area (TPSA) is 98.6 Å². The van der Waals surface area contributed by atoms with Gasteiger partial charge in [-0.2, -0.15) is 15.0 Å². The first-order valence-corrected chi connectivity index (χ1v) is 8.77. The number of aryl methyl sites for hydroxylation is 2. The van der Waals surface area contributed by atoms with Crippen molar-refractivity contribution in [3.05, 3.63) is 57.3 Å². The Kier molecular flexibility index (Phi) is 7.90.